The molecule has 1 N–H and O–H groups in total. The summed E-state index contributed by atoms with van der Waals surface area (Å²) in [5.41, 5.74) is 2.87. The lowest BCUT2D eigenvalue weighted by molar-refractivity contribution is 0.244. The molecule has 2 aliphatic rings. The van der Waals surface area contributed by atoms with Crippen LogP contribution in [0.25, 0.3) is 0 Å². The van der Waals surface area contributed by atoms with Gasteiger partial charge < -0.3 is 5.32 Å². The summed E-state index contributed by atoms with van der Waals surface area (Å²) in [7, 11) is 0. The van der Waals surface area contributed by atoms with E-state index < -0.39 is 0 Å². The van der Waals surface area contributed by atoms with Crippen LogP contribution >= 0.6 is 0 Å². The summed E-state index contributed by atoms with van der Waals surface area (Å²) in [6.07, 6.45) is 5.84. The summed E-state index contributed by atoms with van der Waals surface area (Å²) >= 11 is 0. The first kappa shape index (κ1) is 14.1. The fourth-order valence-electron chi connectivity index (χ4n) is 2.82. The molecule has 0 heterocycles. The molecule has 0 bridgehead atoms. The Hall–Kier alpha value is -0.860. The molecule has 0 unspecified atom stereocenters. The van der Waals surface area contributed by atoms with Gasteiger partial charge in [0.1, 0.15) is 0 Å². The van der Waals surface area contributed by atoms with Crippen molar-refractivity contribution in [1.82, 2.24) is 10.2 Å². The standard InChI is InChI=1S/C18H28N2/c1-2-19-11-15-3-5-16(6-4-15)12-20(13-17-7-8-17)14-18-9-10-18/h3-6,17-19H,2,7-14H2,1H3. The van der Waals surface area contributed by atoms with Crippen LogP contribution in [0.2, 0.25) is 0 Å². The van der Waals surface area contributed by atoms with E-state index in [-0.39, 0.29) is 0 Å². The number of hydrogen-bond acceptors (Lipinski definition) is 2. The molecule has 2 aliphatic carbocycles. The zero-order valence-electron chi connectivity index (χ0n) is 12.8. The summed E-state index contributed by atoms with van der Waals surface area (Å²) < 4.78 is 0. The number of nitrogens with zero attached hydrogens (tertiary/aromatic N) is 1. The van der Waals surface area contributed by atoms with Crippen LogP contribution in [0.15, 0.2) is 24.3 Å². The Morgan fingerprint density at radius 2 is 1.50 bits per heavy atom. The summed E-state index contributed by atoms with van der Waals surface area (Å²) in [6, 6.07) is 9.20. The van der Waals surface area contributed by atoms with Crippen molar-refractivity contribution in [2.45, 2.75) is 45.7 Å². The molecule has 1 aromatic carbocycles. The normalized spacial score (nSPS) is 18.7. The molecule has 0 saturated heterocycles. The molecule has 1 aromatic rings. The lowest BCUT2D eigenvalue weighted by Gasteiger charge is -2.22. The largest absolute Gasteiger partial charge is 0.313 e. The summed E-state index contributed by atoms with van der Waals surface area (Å²) in [5.74, 6) is 2.00. The molecule has 0 spiro atoms. The fraction of sp³-hybridized carbons (Fsp3) is 0.667. The van der Waals surface area contributed by atoms with Crippen LogP contribution in [0.5, 0.6) is 0 Å². The fourth-order valence-corrected chi connectivity index (χ4v) is 2.82. The van der Waals surface area contributed by atoms with E-state index in [0.717, 1.165) is 31.5 Å². The lowest BCUT2D eigenvalue weighted by Crippen LogP contribution is -2.27. The van der Waals surface area contributed by atoms with Gasteiger partial charge in [-0.1, -0.05) is 31.2 Å². The highest BCUT2D eigenvalue weighted by Crippen LogP contribution is 2.34. The maximum atomic E-state index is 3.38. The van der Waals surface area contributed by atoms with Crippen molar-refractivity contribution in [3.8, 4) is 0 Å². The third-order valence-corrected chi connectivity index (χ3v) is 4.43. The first-order chi connectivity index (χ1) is 9.83. The van der Waals surface area contributed by atoms with E-state index in [4.69, 9.17) is 0 Å². The first-order valence-corrected chi connectivity index (χ1v) is 8.34. The van der Waals surface area contributed by atoms with Crippen molar-refractivity contribution >= 4 is 0 Å². The molecule has 2 fully saturated rings. The monoisotopic (exact) mass is 272 g/mol. The minimum absolute atomic E-state index is 0.991. The van der Waals surface area contributed by atoms with Crippen molar-refractivity contribution in [2.24, 2.45) is 11.8 Å². The molecule has 20 heavy (non-hydrogen) atoms. The maximum absolute atomic E-state index is 3.38. The van der Waals surface area contributed by atoms with E-state index in [2.05, 4.69) is 41.4 Å². The third kappa shape index (κ3) is 4.60. The number of rotatable bonds is 9. The lowest BCUT2D eigenvalue weighted by atomic mass is 10.1. The zero-order valence-corrected chi connectivity index (χ0v) is 12.8. The van der Waals surface area contributed by atoms with Crippen LogP contribution in [0.3, 0.4) is 0 Å². The molecular formula is C18H28N2. The predicted molar refractivity (Wildman–Crippen MR) is 84.5 cm³/mol. The molecular weight excluding hydrogens is 244 g/mol. The molecule has 2 nitrogen and oxygen atoms in total. The Balaban J connectivity index is 1.52. The SMILES string of the molecule is CCNCc1ccc(CN(CC2CC2)CC2CC2)cc1. The highest BCUT2D eigenvalue weighted by molar-refractivity contribution is 5.22. The quantitative estimate of drug-likeness (QED) is 0.741. The van der Waals surface area contributed by atoms with Gasteiger partial charge in [-0.2, -0.15) is 0 Å². The van der Waals surface area contributed by atoms with E-state index in [1.54, 1.807) is 0 Å². The van der Waals surface area contributed by atoms with Crippen molar-refractivity contribution in [2.75, 3.05) is 19.6 Å². The highest BCUT2D eigenvalue weighted by Gasteiger charge is 2.29. The summed E-state index contributed by atoms with van der Waals surface area (Å²) in [5, 5.41) is 3.38. The van der Waals surface area contributed by atoms with Gasteiger partial charge in [0.15, 0.2) is 0 Å². The Morgan fingerprint density at radius 3 is 2.00 bits per heavy atom. The summed E-state index contributed by atoms with van der Waals surface area (Å²) in [4.78, 5) is 2.70. The smallest absolute Gasteiger partial charge is 0.0233 e. The number of nitrogens with one attached hydrogen (secondary N) is 1. The molecule has 110 valence electrons. The zero-order chi connectivity index (χ0) is 13.8. The van der Waals surface area contributed by atoms with Gasteiger partial charge in [-0.25, -0.2) is 0 Å². The van der Waals surface area contributed by atoms with Gasteiger partial charge in [-0.3, -0.25) is 4.90 Å². The van der Waals surface area contributed by atoms with Gasteiger partial charge in [-0.05, 0) is 55.2 Å². The van der Waals surface area contributed by atoms with Crippen molar-refractivity contribution in [3.63, 3.8) is 0 Å². The van der Waals surface area contributed by atoms with Crippen molar-refractivity contribution in [3.05, 3.63) is 35.4 Å². The van der Waals surface area contributed by atoms with Gasteiger partial charge in [0, 0.05) is 26.2 Å². The molecule has 0 aliphatic heterocycles. The molecule has 2 saturated carbocycles. The molecule has 0 amide bonds. The second-order valence-electron chi connectivity index (χ2n) is 6.68. The highest BCUT2D eigenvalue weighted by atomic mass is 15.1. The Labute approximate surface area is 123 Å². The second-order valence-corrected chi connectivity index (χ2v) is 6.68. The van der Waals surface area contributed by atoms with Crippen LogP contribution in [0, 0.1) is 11.8 Å². The topological polar surface area (TPSA) is 15.3 Å². The summed E-state index contributed by atoms with van der Waals surface area (Å²) in [6.45, 7) is 7.99. The molecule has 0 atom stereocenters. The molecule has 3 rings (SSSR count). The number of hydrogen-bond donors (Lipinski definition) is 1. The second kappa shape index (κ2) is 6.73. The van der Waals surface area contributed by atoms with Crippen molar-refractivity contribution in [1.29, 1.82) is 0 Å². The van der Waals surface area contributed by atoms with E-state index in [9.17, 15) is 0 Å². The van der Waals surface area contributed by atoms with Crippen molar-refractivity contribution < 1.29 is 0 Å². The van der Waals surface area contributed by atoms with Crippen LogP contribution < -0.4 is 5.32 Å². The minimum Gasteiger partial charge on any atom is -0.313 e. The first-order valence-electron chi connectivity index (χ1n) is 8.34. The van der Waals surface area contributed by atoms with Gasteiger partial charge >= 0.3 is 0 Å². The maximum Gasteiger partial charge on any atom is 0.0233 e. The van der Waals surface area contributed by atoms with E-state index in [0.29, 0.717) is 0 Å². The van der Waals surface area contributed by atoms with Crippen LogP contribution in [0.4, 0.5) is 0 Å². The van der Waals surface area contributed by atoms with E-state index in [1.165, 1.54) is 49.9 Å². The third-order valence-electron chi connectivity index (χ3n) is 4.43. The Bertz CT molecular complexity index is 390. The Kier molecular flexibility index (Phi) is 4.74. The van der Waals surface area contributed by atoms with Crippen LogP contribution in [0.1, 0.15) is 43.7 Å². The van der Waals surface area contributed by atoms with Crippen LogP contribution in [-0.2, 0) is 13.1 Å². The van der Waals surface area contributed by atoms with Crippen LogP contribution in [-0.4, -0.2) is 24.5 Å². The molecule has 0 aromatic heterocycles. The van der Waals surface area contributed by atoms with Gasteiger partial charge in [0.05, 0.1) is 0 Å². The Morgan fingerprint density at radius 1 is 0.950 bits per heavy atom. The minimum atomic E-state index is 0.991. The average Bonchev–Trinajstić information content (AvgIpc) is 3.34. The molecule has 0 radical (unpaired) electrons. The van der Waals surface area contributed by atoms with E-state index in [1.807, 2.05) is 0 Å². The average molecular weight is 272 g/mol. The van der Waals surface area contributed by atoms with Gasteiger partial charge in [-0.15, -0.1) is 0 Å². The number of benzene rings is 1. The van der Waals surface area contributed by atoms with E-state index >= 15 is 0 Å². The molecule has 2 heteroatoms. The van der Waals surface area contributed by atoms with Gasteiger partial charge in [0.25, 0.3) is 0 Å². The van der Waals surface area contributed by atoms with Gasteiger partial charge in [0.2, 0.25) is 0 Å². The predicted octanol–water partition coefficient (Wildman–Crippen LogP) is 3.42.